The molecule has 3 nitrogen and oxygen atoms in total. The summed E-state index contributed by atoms with van der Waals surface area (Å²) in [5.74, 6) is 0. The zero-order valence-electron chi connectivity index (χ0n) is 8.15. The molecular formula is C8H7F6N3. The van der Waals surface area contributed by atoms with Crippen LogP contribution in [0.25, 0.3) is 0 Å². The van der Waals surface area contributed by atoms with Crippen molar-refractivity contribution in [2.75, 3.05) is 0 Å². The molecule has 2 N–H and O–H groups in total. The molecule has 9 heteroatoms. The topological polar surface area (TPSA) is 40.7 Å². The van der Waals surface area contributed by atoms with E-state index in [0.717, 1.165) is 6.33 Å². The second kappa shape index (κ2) is 3.62. The van der Waals surface area contributed by atoms with Crippen molar-refractivity contribution in [3.8, 4) is 0 Å². The van der Waals surface area contributed by atoms with Gasteiger partial charge in [-0.3, -0.25) is 5.32 Å². The largest absolute Gasteiger partial charge is 0.409 e. The Labute approximate surface area is 91.2 Å². The zero-order chi connectivity index (χ0) is 12.8. The van der Waals surface area contributed by atoms with E-state index in [2.05, 4.69) is 9.97 Å². The summed E-state index contributed by atoms with van der Waals surface area (Å²) in [6.45, 7) is 0. The summed E-state index contributed by atoms with van der Waals surface area (Å²) >= 11 is 0. The molecule has 17 heavy (non-hydrogen) atoms. The first-order chi connectivity index (χ1) is 7.69. The van der Waals surface area contributed by atoms with Gasteiger partial charge in [-0.25, -0.2) is 4.98 Å². The second-order valence-corrected chi connectivity index (χ2v) is 3.71. The van der Waals surface area contributed by atoms with Gasteiger partial charge in [0.25, 0.3) is 0 Å². The Morgan fingerprint density at radius 2 is 1.76 bits per heavy atom. The van der Waals surface area contributed by atoms with Crippen molar-refractivity contribution in [1.29, 1.82) is 0 Å². The molecule has 1 aliphatic heterocycles. The third kappa shape index (κ3) is 2.24. The van der Waals surface area contributed by atoms with Gasteiger partial charge in [0.15, 0.2) is 0 Å². The van der Waals surface area contributed by atoms with Crippen molar-refractivity contribution < 1.29 is 26.3 Å². The molecule has 96 valence electrons. The number of hydrogen-bond acceptors (Lipinski definition) is 2. The van der Waals surface area contributed by atoms with Crippen LogP contribution in [0, 0.1) is 0 Å². The Morgan fingerprint density at radius 3 is 2.29 bits per heavy atom. The van der Waals surface area contributed by atoms with Crippen LogP contribution in [0.1, 0.15) is 17.4 Å². The molecule has 2 unspecified atom stereocenters. The Hall–Kier alpha value is -1.25. The molecule has 2 rings (SSSR count). The molecule has 1 aromatic heterocycles. The lowest BCUT2D eigenvalue weighted by molar-refractivity contribution is -0.192. The minimum atomic E-state index is -4.81. The number of aromatic nitrogens is 2. The van der Waals surface area contributed by atoms with Gasteiger partial charge in [-0.1, -0.05) is 0 Å². The molecule has 1 aromatic rings. The van der Waals surface area contributed by atoms with Crippen molar-refractivity contribution in [3.63, 3.8) is 0 Å². The Bertz CT molecular complexity index is 406. The number of halogens is 6. The monoisotopic (exact) mass is 259 g/mol. The SMILES string of the molecule is FC(F)(F)C1Cc2[nH]cnc2C(C(F)(F)F)N1. The number of hydrogen-bond donors (Lipinski definition) is 2. The lowest BCUT2D eigenvalue weighted by Gasteiger charge is -2.32. The van der Waals surface area contributed by atoms with Crippen LogP contribution in [0.3, 0.4) is 0 Å². The lowest BCUT2D eigenvalue weighted by Crippen LogP contribution is -2.52. The molecule has 0 bridgehead atoms. The van der Waals surface area contributed by atoms with Gasteiger partial charge in [0.1, 0.15) is 12.1 Å². The highest BCUT2D eigenvalue weighted by atomic mass is 19.4. The number of fused-ring (bicyclic) bond motifs is 1. The summed E-state index contributed by atoms with van der Waals surface area (Å²) in [7, 11) is 0. The third-order valence-corrected chi connectivity index (χ3v) is 2.52. The van der Waals surface area contributed by atoms with E-state index < -0.39 is 36.6 Å². The van der Waals surface area contributed by atoms with Crippen molar-refractivity contribution >= 4 is 0 Å². The molecule has 0 radical (unpaired) electrons. The van der Waals surface area contributed by atoms with E-state index in [0.29, 0.717) is 0 Å². The smallest absolute Gasteiger partial charge is 0.348 e. The number of nitrogens with zero attached hydrogens (tertiary/aromatic N) is 1. The van der Waals surface area contributed by atoms with Crippen molar-refractivity contribution in [1.82, 2.24) is 15.3 Å². The summed E-state index contributed by atoms with van der Waals surface area (Å²) < 4.78 is 75.0. The van der Waals surface area contributed by atoms with Crippen LogP contribution < -0.4 is 5.32 Å². The average Bonchev–Trinajstić information content (AvgIpc) is 2.59. The van der Waals surface area contributed by atoms with Crippen molar-refractivity contribution in [2.24, 2.45) is 0 Å². The average molecular weight is 259 g/mol. The second-order valence-electron chi connectivity index (χ2n) is 3.71. The van der Waals surface area contributed by atoms with Crippen molar-refractivity contribution in [2.45, 2.75) is 30.9 Å². The highest BCUT2D eigenvalue weighted by Crippen LogP contribution is 2.39. The molecule has 0 spiro atoms. The van der Waals surface area contributed by atoms with E-state index >= 15 is 0 Å². The zero-order valence-corrected chi connectivity index (χ0v) is 8.15. The molecule has 0 amide bonds. The first-order valence-electron chi connectivity index (χ1n) is 4.61. The standard InChI is InChI=1S/C8H7F6N3/c9-7(10,11)4-1-3-5(16-2-15-3)6(17-4)8(12,13)14/h2,4,6,17H,1H2,(H,15,16). The van der Waals surface area contributed by atoms with Crippen LogP contribution in [0.4, 0.5) is 26.3 Å². The van der Waals surface area contributed by atoms with Crippen LogP contribution >= 0.6 is 0 Å². The van der Waals surface area contributed by atoms with Gasteiger partial charge in [-0.2, -0.15) is 26.3 Å². The first-order valence-corrected chi connectivity index (χ1v) is 4.61. The van der Waals surface area contributed by atoms with Gasteiger partial charge in [0, 0.05) is 12.1 Å². The fraction of sp³-hybridized carbons (Fsp3) is 0.625. The van der Waals surface area contributed by atoms with Gasteiger partial charge in [-0.15, -0.1) is 0 Å². The highest BCUT2D eigenvalue weighted by molar-refractivity contribution is 5.23. The van der Waals surface area contributed by atoms with Crippen LogP contribution in [0.2, 0.25) is 0 Å². The van der Waals surface area contributed by atoms with Crippen LogP contribution in [0.15, 0.2) is 6.33 Å². The molecule has 0 aromatic carbocycles. The molecule has 0 saturated carbocycles. The van der Waals surface area contributed by atoms with E-state index in [1.165, 1.54) is 0 Å². The molecule has 1 aliphatic rings. The molecule has 2 heterocycles. The van der Waals surface area contributed by atoms with Crippen molar-refractivity contribution in [3.05, 3.63) is 17.7 Å². The summed E-state index contributed by atoms with van der Waals surface area (Å²) in [4.78, 5) is 5.73. The predicted octanol–water partition coefficient (Wildman–Crippen LogP) is 2.09. The molecular weight excluding hydrogens is 252 g/mol. The van der Waals surface area contributed by atoms with Crippen LogP contribution in [0.5, 0.6) is 0 Å². The minimum absolute atomic E-state index is 0.131. The predicted molar refractivity (Wildman–Crippen MR) is 44.1 cm³/mol. The number of nitrogens with one attached hydrogen (secondary N) is 2. The maximum atomic E-state index is 12.6. The van der Waals surface area contributed by atoms with Gasteiger partial charge in [0.05, 0.1) is 12.0 Å². The first kappa shape index (κ1) is 12.2. The Balaban J connectivity index is 2.36. The fourth-order valence-electron chi connectivity index (χ4n) is 1.75. The Kier molecular flexibility index (Phi) is 2.60. The summed E-state index contributed by atoms with van der Waals surface area (Å²) in [5.41, 5.74) is -0.550. The van der Waals surface area contributed by atoms with E-state index in [1.807, 2.05) is 0 Å². The summed E-state index contributed by atoms with van der Waals surface area (Å²) in [6, 6.07) is -4.61. The van der Waals surface area contributed by atoms with Crippen LogP contribution in [-0.4, -0.2) is 28.4 Å². The number of aromatic amines is 1. The fourth-order valence-corrected chi connectivity index (χ4v) is 1.75. The van der Waals surface area contributed by atoms with E-state index in [4.69, 9.17) is 0 Å². The lowest BCUT2D eigenvalue weighted by atomic mass is 9.98. The van der Waals surface area contributed by atoms with Gasteiger partial charge in [0.2, 0.25) is 0 Å². The number of H-pyrrole nitrogens is 1. The third-order valence-electron chi connectivity index (χ3n) is 2.52. The number of imidazole rings is 1. The van der Waals surface area contributed by atoms with E-state index in [1.54, 1.807) is 5.32 Å². The van der Waals surface area contributed by atoms with Gasteiger partial charge in [-0.05, 0) is 0 Å². The summed E-state index contributed by atoms with van der Waals surface area (Å²) in [6.07, 6.45) is -9.16. The number of alkyl halides is 6. The van der Waals surface area contributed by atoms with Crippen LogP contribution in [-0.2, 0) is 6.42 Å². The quantitative estimate of drug-likeness (QED) is 0.700. The highest BCUT2D eigenvalue weighted by Gasteiger charge is 2.52. The minimum Gasteiger partial charge on any atom is -0.348 e. The summed E-state index contributed by atoms with van der Waals surface area (Å²) in [5, 5.41) is 1.54. The molecule has 0 fully saturated rings. The van der Waals surface area contributed by atoms with E-state index in [9.17, 15) is 26.3 Å². The van der Waals surface area contributed by atoms with Gasteiger partial charge < -0.3 is 4.98 Å². The van der Waals surface area contributed by atoms with Gasteiger partial charge >= 0.3 is 12.4 Å². The molecule has 2 atom stereocenters. The maximum absolute atomic E-state index is 12.6. The molecule has 0 saturated heterocycles. The Morgan fingerprint density at radius 1 is 1.12 bits per heavy atom. The maximum Gasteiger partial charge on any atom is 0.409 e. The number of rotatable bonds is 0. The normalized spacial score (nSPS) is 25.8. The van der Waals surface area contributed by atoms with E-state index in [-0.39, 0.29) is 5.69 Å². The molecule has 0 aliphatic carbocycles.